The van der Waals surface area contributed by atoms with Gasteiger partial charge in [0.05, 0.1) is 0 Å². The van der Waals surface area contributed by atoms with E-state index in [1.165, 1.54) is 75.8 Å². The molecule has 49 heavy (non-hydrogen) atoms. The summed E-state index contributed by atoms with van der Waals surface area (Å²) in [5.74, 6) is 1.86. The first-order valence-electron chi connectivity index (χ1n) is 18.8. The average molecular weight is 673 g/mol. The molecule has 7 rings (SSSR count). The number of aryl methyl sites for hydroxylation is 3. The third kappa shape index (κ3) is 12.3. The fraction of sp³-hybridized carbons (Fsp3) is 0.362. The second-order valence-corrected chi connectivity index (χ2v) is 13.5. The molecular weight excluding hydrogens is 613 g/mol. The average Bonchev–Trinajstić information content (AvgIpc) is 3.56. The van der Waals surface area contributed by atoms with Gasteiger partial charge in [0.2, 0.25) is 0 Å². The van der Waals surface area contributed by atoms with Crippen LogP contribution in [-0.4, -0.2) is 0 Å². The van der Waals surface area contributed by atoms with E-state index in [0.717, 1.165) is 29.4 Å². The van der Waals surface area contributed by atoms with Gasteiger partial charge in [-0.1, -0.05) is 163 Å². The smallest absolute Gasteiger partial charge is 0.138 e. The van der Waals surface area contributed by atoms with Gasteiger partial charge in [0.25, 0.3) is 0 Å². The molecule has 1 heterocycles. The summed E-state index contributed by atoms with van der Waals surface area (Å²) in [6, 6.07) is 42.8. The van der Waals surface area contributed by atoms with Gasteiger partial charge < -0.3 is 4.42 Å². The first kappa shape index (κ1) is 39.7. The summed E-state index contributed by atoms with van der Waals surface area (Å²) in [4.78, 5) is 2.60. The molecule has 1 fully saturated rings. The Morgan fingerprint density at radius 3 is 1.82 bits per heavy atom. The van der Waals surface area contributed by atoms with E-state index in [1.54, 1.807) is 17.3 Å². The van der Waals surface area contributed by atoms with E-state index in [1.807, 2.05) is 52.0 Å². The Kier molecular flexibility index (Phi) is 17.9. The largest absolute Gasteiger partial charge is 0.456 e. The Hall–Kier alpha value is -3.75. The lowest BCUT2D eigenvalue weighted by atomic mass is 9.77. The minimum absolute atomic E-state index is 0.841. The van der Waals surface area contributed by atoms with E-state index in [2.05, 4.69) is 125 Å². The van der Waals surface area contributed by atoms with Crippen molar-refractivity contribution >= 4 is 33.7 Å². The predicted octanol–water partition coefficient (Wildman–Crippen LogP) is 15.4. The van der Waals surface area contributed by atoms with E-state index in [0.29, 0.717) is 0 Å². The zero-order chi connectivity index (χ0) is 35.4. The van der Waals surface area contributed by atoms with Gasteiger partial charge in [-0.3, -0.25) is 0 Å². The van der Waals surface area contributed by atoms with E-state index in [4.69, 9.17) is 4.42 Å². The highest BCUT2D eigenvalue weighted by molar-refractivity contribution is 7.99. The first-order valence-corrected chi connectivity index (χ1v) is 19.6. The fourth-order valence-electron chi connectivity index (χ4n) is 6.34. The van der Waals surface area contributed by atoms with Gasteiger partial charge in [0.1, 0.15) is 11.2 Å². The van der Waals surface area contributed by atoms with Crippen LogP contribution in [0.15, 0.2) is 136 Å². The Balaban J connectivity index is 0.000000189. The molecule has 260 valence electrons. The number of para-hydroxylation sites is 2. The van der Waals surface area contributed by atoms with E-state index < -0.39 is 0 Å². The zero-order valence-electron chi connectivity index (χ0n) is 31.5. The Morgan fingerprint density at radius 2 is 1.18 bits per heavy atom. The molecule has 0 bridgehead atoms. The molecule has 0 unspecified atom stereocenters. The number of furan rings is 1. The number of benzene rings is 5. The SMILES string of the molecule is CC.CC.CCCC1CCC(c2ccc(C)cc2)CC1.CCc1ccc(Sc2ccccc2)cc1.Cc1cccc2c1oc1ccccc12. The lowest BCUT2D eigenvalue weighted by molar-refractivity contribution is 0.308. The molecule has 1 aromatic heterocycles. The molecular formula is C47H60OS. The molecule has 2 heteroatoms. The molecule has 1 aliphatic rings. The van der Waals surface area contributed by atoms with Crippen molar-refractivity contribution in [1.29, 1.82) is 0 Å². The van der Waals surface area contributed by atoms with Crippen LogP contribution in [0.3, 0.4) is 0 Å². The van der Waals surface area contributed by atoms with Gasteiger partial charge in [0, 0.05) is 20.6 Å². The molecule has 5 aromatic carbocycles. The number of hydrogen-bond acceptors (Lipinski definition) is 2. The van der Waals surface area contributed by atoms with Crippen molar-refractivity contribution in [2.45, 2.75) is 116 Å². The maximum Gasteiger partial charge on any atom is 0.138 e. The van der Waals surface area contributed by atoms with Crippen LogP contribution in [0.4, 0.5) is 0 Å². The summed E-state index contributed by atoms with van der Waals surface area (Å²) in [7, 11) is 0. The molecule has 0 aliphatic heterocycles. The highest BCUT2D eigenvalue weighted by Gasteiger charge is 2.21. The minimum atomic E-state index is 0.841. The van der Waals surface area contributed by atoms with Crippen molar-refractivity contribution in [2.24, 2.45) is 5.92 Å². The number of hydrogen-bond donors (Lipinski definition) is 0. The van der Waals surface area contributed by atoms with Crippen molar-refractivity contribution in [3.63, 3.8) is 0 Å². The molecule has 0 N–H and O–H groups in total. The molecule has 1 aliphatic carbocycles. The summed E-state index contributed by atoms with van der Waals surface area (Å²) >= 11 is 1.81. The second-order valence-electron chi connectivity index (χ2n) is 12.4. The maximum atomic E-state index is 5.78. The summed E-state index contributed by atoms with van der Waals surface area (Å²) in [6.45, 7) is 16.7. The van der Waals surface area contributed by atoms with Crippen molar-refractivity contribution in [3.05, 3.63) is 144 Å². The monoisotopic (exact) mass is 672 g/mol. The summed E-state index contributed by atoms with van der Waals surface area (Å²) in [5, 5.41) is 2.41. The number of rotatable bonds is 6. The molecule has 1 saturated carbocycles. The van der Waals surface area contributed by atoms with Gasteiger partial charge in [-0.05, 0) is 105 Å². The lowest BCUT2D eigenvalue weighted by Gasteiger charge is -2.28. The Labute approximate surface area is 302 Å². The van der Waals surface area contributed by atoms with Crippen LogP contribution in [0.25, 0.3) is 21.9 Å². The maximum absolute atomic E-state index is 5.78. The summed E-state index contributed by atoms with van der Waals surface area (Å²) in [6.07, 6.45) is 9.64. The first-order chi connectivity index (χ1) is 24.0. The Bertz CT molecular complexity index is 1720. The van der Waals surface area contributed by atoms with Crippen LogP contribution in [0.1, 0.15) is 108 Å². The second kappa shape index (κ2) is 22.1. The molecule has 6 aromatic rings. The molecule has 1 nitrogen and oxygen atoms in total. The van der Waals surface area contributed by atoms with Gasteiger partial charge in [-0.25, -0.2) is 0 Å². The minimum Gasteiger partial charge on any atom is -0.456 e. The van der Waals surface area contributed by atoms with Crippen LogP contribution in [0.5, 0.6) is 0 Å². The van der Waals surface area contributed by atoms with Crippen LogP contribution < -0.4 is 0 Å². The molecule has 0 spiro atoms. The van der Waals surface area contributed by atoms with Crippen LogP contribution >= 0.6 is 11.8 Å². The van der Waals surface area contributed by atoms with Crippen LogP contribution in [-0.2, 0) is 6.42 Å². The van der Waals surface area contributed by atoms with Crippen molar-refractivity contribution < 1.29 is 4.42 Å². The van der Waals surface area contributed by atoms with Gasteiger partial charge in [-0.2, -0.15) is 0 Å². The van der Waals surface area contributed by atoms with Crippen molar-refractivity contribution in [3.8, 4) is 0 Å². The van der Waals surface area contributed by atoms with E-state index in [9.17, 15) is 0 Å². The zero-order valence-corrected chi connectivity index (χ0v) is 32.3. The highest BCUT2D eigenvalue weighted by Crippen LogP contribution is 2.37. The van der Waals surface area contributed by atoms with Crippen LogP contribution in [0, 0.1) is 19.8 Å². The topological polar surface area (TPSA) is 13.1 Å². The van der Waals surface area contributed by atoms with Crippen molar-refractivity contribution in [1.82, 2.24) is 0 Å². The number of fused-ring (bicyclic) bond motifs is 3. The third-order valence-electron chi connectivity index (χ3n) is 9.00. The van der Waals surface area contributed by atoms with E-state index in [-0.39, 0.29) is 0 Å². The van der Waals surface area contributed by atoms with Gasteiger partial charge >= 0.3 is 0 Å². The quantitative estimate of drug-likeness (QED) is 0.175. The normalized spacial score (nSPS) is 14.9. The molecule has 0 radical (unpaired) electrons. The van der Waals surface area contributed by atoms with Gasteiger partial charge in [0.15, 0.2) is 0 Å². The molecule has 0 amide bonds. The highest BCUT2D eigenvalue weighted by atomic mass is 32.2. The van der Waals surface area contributed by atoms with Gasteiger partial charge in [-0.15, -0.1) is 0 Å². The van der Waals surface area contributed by atoms with E-state index >= 15 is 0 Å². The fourth-order valence-corrected chi connectivity index (χ4v) is 7.17. The van der Waals surface area contributed by atoms with Crippen LogP contribution in [0.2, 0.25) is 0 Å². The van der Waals surface area contributed by atoms with Crippen molar-refractivity contribution in [2.75, 3.05) is 0 Å². The third-order valence-corrected chi connectivity index (χ3v) is 10.0. The molecule has 0 saturated heterocycles. The standard InChI is InChI=1S/C16H24.C14H14S.C13H10O.2C2H6/c1-3-4-14-7-11-16(12-8-14)15-9-5-13(2)6-10-15;1-2-12-8-10-14(11-9-12)15-13-6-4-3-5-7-13;1-9-5-4-7-11-10-6-2-3-8-12(10)14-13(9)11;2*1-2/h5-6,9-10,14,16H,3-4,7-8,11-12H2,1-2H3;3-11H,2H2,1H3;2-8H,1H3;2*1-2H3. The predicted molar refractivity (Wildman–Crippen MR) is 218 cm³/mol. The Morgan fingerprint density at radius 1 is 0.592 bits per heavy atom. The lowest BCUT2D eigenvalue weighted by Crippen LogP contribution is -2.13. The summed E-state index contributed by atoms with van der Waals surface area (Å²) < 4.78 is 5.78. The molecule has 0 atom stereocenters. The summed E-state index contributed by atoms with van der Waals surface area (Å²) in [5.41, 5.74) is 7.51.